The second kappa shape index (κ2) is 6.88. The molecule has 0 saturated carbocycles. The third-order valence-electron chi connectivity index (χ3n) is 3.41. The van der Waals surface area contributed by atoms with Gasteiger partial charge in [-0.2, -0.15) is 0 Å². The summed E-state index contributed by atoms with van der Waals surface area (Å²) in [6.07, 6.45) is 0.107. The summed E-state index contributed by atoms with van der Waals surface area (Å²) < 4.78 is 6.09. The summed E-state index contributed by atoms with van der Waals surface area (Å²) in [6.45, 7) is 5.91. The van der Waals surface area contributed by atoms with Crippen molar-refractivity contribution in [1.29, 1.82) is 0 Å². The largest absolute Gasteiger partial charge is 0.370 e. The molecule has 1 aromatic rings. The van der Waals surface area contributed by atoms with E-state index in [0.717, 1.165) is 6.54 Å². The lowest BCUT2D eigenvalue weighted by molar-refractivity contribution is -0.0116. The summed E-state index contributed by atoms with van der Waals surface area (Å²) in [6, 6.07) is 10.4. The van der Waals surface area contributed by atoms with Crippen LogP contribution in [-0.2, 0) is 4.74 Å². The highest BCUT2D eigenvalue weighted by Crippen LogP contribution is 2.20. The van der Waals surface area contributed by atoms with Crippen LogP contribution in [0.15, 0.2) is 30.3 Å². The Kier molecular flexibility index (Phi) is 5.79. The standard InChI is InChI=1S/C15H26N2O/c1-15(2,17(4)5)12-18-14(11-16-3)13-9-7-6-8-10-13/h6-10,14,16H,11-12H2,1-5H3. The molecule has 0 amide bonds. The van der Waals surface area contributed by atoms with Crippen molar-refractivity contribution in [2.24, 2.45) is 0 Å². The lowest BCUT2D eigenvalue weighted by Crippen LogP contribution is -2.43. The fourth-order valence-corrected chi connectivity index (χ4v) is 1.56. The van der Waals surface area contributed by atoms with Crippen LogP contribution in [0.4, 0.5) is 0 Å². The van der Waals surface area contributed by atoms with Crippen molar-refractivity contribution in [1.82, 2.24) is 10.2 Å². The predicted octanol–water partition coefficient (Wildman–Crippen LogP) is 2.30. The lowest BCUT2D eigenvalue weighted by atomic mass is 10.1. The van der Waals surface area contributed by atoms with Crippen LogP contribution in [0.1, 0.15) is 25.5 Å². The van der Waals surface area contributed by atoms with E-state index >= 15 is 0 Å². The van der Waals surface area contributed by atoms with Crippen LogP contribution in [0.25, 0.3) is 0 Å². The Morgan fingerprint density at radius 1 is 1.22 bits per heavy atom. The maximum absolute atomic E-state index is 6.09. The quantitative estimate of drug-likeness (QED) is 0.803. The normalized spacial score (nSPS) is 13.9. The molecule has 0 saturated heterocycles. The van der Waals surface area contributed by atoms with Crippen LogP contribution in [0.3, 0.4) is 0 Å². The van der Waals surface area contributed by atoms with E-state index in [0.29, 0.717) is 6.61 Å². The molecule has 3 heteroatoms. The minimum Gasteiger partial charge on any atom is -0.370 e. The van der Waals surface area contributed by atoms with Gasteiger partial charge in [-0.1, -0.05) is 30.3 Å². The Bertz CT molecular complexity index is 336. The van der Waals surface area contributed by atoms with Gasteiger partial charge in [0.1, 0.15) is 0 Å². The molecule has 0 spiro atoms. The lowest BCUT2D eigenvalue weighted by Gasteiger charge is -2.34. The third-order valence-corrected chi connectivity index (χ3v) is 3.41. The Hall–Kier alpha value is -0.900. The van der Waals surface area contributed by atoms with Gasteiger partial charge in [-0.3, -0.25) is 0 Å². The van der Waals surface area contributed by atoms with Gasteiger partial charge in [0.2, 0.25) is 0 Å². The summed E-state index contributed by atoms with van der Waals surface area (Å²) >= 11 is 0. The van der Waals surface area contributed by atoms with Crippen molar-refractivity contribution in [3.63, 3.8) is 0 Å². The molecular formula is C15H26N2O. The third kappa shape index (κ3) is 4.41. The minimum absolute atomic E-state index is 0.0424. The summed E-state index contributed by atoms with van der Waals surface area (Å²) in [5.41, 5.74) is 1.27. The van der Waals surface area contributed by atoms with Gasteiger partial charge in [-0.15, -0.1) is 0 Å². The summed E-state index contributed by atoms with van der Waals surface area (Å²) in [4.78, 5) is 2.19. The molecule has 0 bridgehead atoms. The maximum atomic E-state index is 6.09. The topological polar surface area (TPSA) is 24.5 Å². The molecule has 0 heterocycles. The van der Waals surface area contributed by atoms with E-state index in [4.69, 9.17) is 4.74 Å². The molecule has 0 aromatic heterocycles. The van der Waals surface area contributed by atoms with Crippen LogP contribution in [-0.4, -0.2) is 44.7 Å². The van der Waals surface area contributed by atoms with E-state index < -0.39 is 0 Å². The van der Waals surface area contributed by atoms with Gasteiger partial charge in [-0.25, -0.2) is 0 Å². The zero-order valence-electron chi connectivity index (χ0n) is 12.2. The first-order valence-corrected chi connectivity index (χ1v) is 6.46. The number of ether oxygens (including phenoxy) is 1. The van der Waals surface area contributed by atoms with Crippen LogP contribution in [0.5, 0.6) is 0 Å². The van der Waals surface area contributed by atoms with Gasteiger partial charge in [0.25, 0.3) is 0 Å². The number of hydrogen-bond acceptors (Lipinski definition) is 3. The van der Waals surface area contributed by atoms with Gasteiger partial charge in [0.15, 0.2) is 0 Å². The van der Waals surface area contributed by atoms with E-state index in [2.05, 4.69) is 62.4 Å². The van der Waals surface area contributed by atoms with E-state index in [1.165, 1.54) is 5.56 Å². The van der Waals surface area contributed by atoms with Crippen LogP contribution >= 0.6 is 0 Å². The average Bonchev–Trinajstić information content (AvgIpc) is 2.35. The summed E-state index contributed by atoms with van der Waals surface area (Å²) in [5, 5.41) is 3.19. The van der Waals surface area contributed by atoms with Crippen molar-refractivity contribution in [2.45, 2.75) is 25.5 Å². The van der Waals surface area contributed by atoms with Gasteiger partial charge in [-0.05, 0) is 40.6 Å². The second-order valence-electron chi connectivity index (χ2n) is 5.47. The van der Waals surface area contributed by atoms with Gasteiger partial charge < -0.3 is 15.0 Å². The first-order valence-electron chi connectivity index (χ1n) is 6.46. The fourth-order valence-electron chi connectivity index (χ4n) is 1.56. The number of benzene rings is 1. The Morgan fingerprint density at radius 3 is 2.33 bits per heavy atom. The molecular weight excluding hydrogens is 224 g/mol. The summed E-state index contributed by atoms with van der Waals surface area (Å²) in [5.74, 6) is 0. The van der Waals surface area contributed by atoms with Gasteiger partial charge in [0.05, 0.1) is 12.7 Å². The molecule has 102 valence electrons. The Morgan fingerprint density at radius 2 is 1.83 bits per heavy atom. The monoisotopic (exact) mass is 250 g/mol. The number of nitrogens with one attached hydrogen (secondary N) is 1. The highest BCUT2D eigenvalue weighted by atomic mass is 16.5. The number of nitrogens with zero attached hydrogens (tertiary/aromatic N) is 1. The van der Waals surface area contributed by atoms with E-state index in [1.807, 2.05) is 13.1 Å². The van der Waals surface area contributed by atoms with E-state index in [9.17, 15) is 0 Å². The van der Waals surface area contributed by atoms with Crippen LogP contribution in [0.2, 0.25) is 0 Å². The predicted molar refractivity (Wildman–Crippen MR) is 76.8 cm³/mol. The van der Waals surface area contributed by atoms with E-state index in [1.54, 1.807) is 0 Å². The summed E-state index contributed by atoms with van der Waals surface area (Å²) in [7, 11) is 6.12. The molecule has 0 aliphatic carbocycles. The highest BCUT2D eigenvalue weighted by molar-refractivity contribution is 5.17. The molecule has 0 radical (unpaired) electrons. The molecule has 1 rings (SSSR count). The molecule has 1 atom stereocenters. The zero-order valence-corrected chi connectivity index (χ0v) is 12.2. The molecule has 1 aromatic carbocycles. The van der Waals surface area contributed by atoms with Crippen LogP contribution < -0.4 is 5.32 Å². The Labute approximate surface area is 111 Å². The molecule has 0 aliphatic heterocycles. The number of likely N-dealkylation sites (N-methyl/N-ethyl adjacent to an activating group) is 2. The average molecular weight is 250 g/mol. The first kappa shape index (κ1) is 15.2. The highest BCUT2D eigenvalue weighted by Gasteiger charge is 2.23. The van der Waals surface area contributed by atoms with Crippen LogP contribution in [0, 0.1) is 0 Å². The van der Waals surface area contributed by atoms with Gasteiger partial charge >= 0.3 is 0 Å². The van der Waals surface area contributed by atoms with E-state index in [-0.39, 0.29) is 11.6 Å². The molecule has 18 heavy (non-hydrogen) atoms. The molecule has 0 fully saturated rings. The molecule has 1 unspecified atom stereocenters. The molecule has 0 aliphatic rings. The van der Waals surface area contributed by atoms with Crippen molar-refractivity contribution in [3.8, 4) is 0 Å². The fraction of sp³-hybridized carbons (Fsp3) is 0.600. The van der Waals surface area contributed by atoms with Crippen molar-refractivity contribution in [2.75, 3.05) is 34.3 Å². The van der Waals surface area contributed by atoms with Gasteiger partial charge in [0, 0.05) is 12.1 Å². The minimum atomic E-state index is 0.0424. The maximum Gasteiger partial charge on any atom is 0.0950 e. The molecule has 3 nitrogen and oxygen atoms in total. The van der Waals surface area contributed by atoms with Crippen molar-refractivity contribution < 1.29 is 4.74 Å². The zero-order chi connectivity index (χ0) is 13.6. The molecule has 1 N–H and O–H groups in total. The number of hydrogen-bond donors (Lipinski definition) is 1. The van der Waals surface area contributed by atoms with Crippen molar-refractivity contribution in [3.05, 3.63) is 35.9 Å². The Balaban J connectivity index is 2.65. The smallest absolute Gasteiger partial charge is 0.0950 e. The number of rotatable bonds is 7. The SMILES string of the molecule is CNCC(OCC(C)(C)N(C)C)c1ccccc1. The second-order valence-corrected chi connectivity index (χ2v) is 5.47. The first-order chi connectivity index (χ1) is 8.47. The van der Waals surface area contributed by atoms with Crippen molar-refractivity contribution >= 4 is 0 Å².